The molecule has 0 atom stereocenters. The Labute approximate surface area is 108 Å². The number of rotatable bonds is 2. The number of aromatic hydroxyl groups is 1. The van der Waals surface area contributed by atoms with E-state index in [0.717, 1.165) is 6.07 Å². The molecule has 1 amide bonds. The summed E-state index contributed by atoms with van der Waals surface area (Å²) < 4.78 is 13.2. The number of phenols is 1. The van der Waals surface area contributed by atoms with Gasteiger partial charge < -0.3 is 10.4 Å². The Morgan fingerprint density at radius 3 is 2.67 bits per heavy atom. The first-order valence-electron chi connectivity index (χ1n) is 5.12. The fraction of sp³-hybridized carbons (Fsp3) is 0. The van der Waals surface area contributed by atoms with Crippen molar-refractivity contribution < 1.29 is 14.3 Å². The summed E-state index contributed by atoms with van der Waals surface area (Å²) in [4.78, 5) is 11.8. The maximum atomic E-state index is 13.2. The quantitative estimate of drug-likeness (QED) is 0.874. The summed E-state index contributed by atoms with van der Waals surface area (Å²) in [5.41, 5.74) is 0.579. The van der Waals surface area contributed by atoms with Crippen LogP contribution in [-0.2, 0) is 0 Å². The lowest BCUT2D eigenvalue weighted by molar-refractivity contribution is 0.102. The van der Waals surface area contributed by atoms with Crippen LogP contribution in [-0.4, -0.2) is 11.0 Å². The summed E-state index contributed by atoms with van der Waals surface area (Å²) in [5.74, 6) is -1.09. The number of carbonyl (C=O) groups is 1. The van der Waals surface area contributed by atoms with Gasteiger partial charge in [0.2, 0.25) is 0 Å². The molecular weight excluding hydrogens is 257 g/mol. The van der Waals surface area contributed by atoms with E-state index in [1.165, 1.54) is 24.3 Å². The second kappa shape index (κ2) is 5.06. The van der Waals surface area contributed by atoms with Gasteiger partial charge in [0, 0.05) is 17.3 Å². The minimum Gasteiger partial charge on any atom is -0.508 e. The molecule has 0 saturated heterocycles. The summed E-state index contributed by atoms with van der Waals surface area (Å²) in [6.45, 7) is 0. The maximum Gasteiger partial charge on any atom is 0.255 e. The number of hydrogen-bond acceptors (Lipinski definition) is 2. The van der Waals surface area contributed by atoms with Crippen molar-refractivity contribution in [2.75, 3.05) is 5.32 Å². The SMILES string of the molecule is O=C(Nc1cccc(O)c1)c1ccc(Cl)c(F)c1. The molecule has 0 unspecified atom stereocenters. The summed E-state index contributed by atoms with van der Waals surface area (Å²) in [6, 6.07) is 9.87. The van der Waals surface area contributed by atoms with Crippen molar-refractivity contribution in [3.63, 3.8) is 0 Å². The molecule has 0 heterocycles. The highest BCUT2D eigenvalue weighted by Crippen LogP contribution is 2.18. The van der Waals surface area contributed by atoms with Crippen LogP contribution < -0.4 is 5.32 Å². The van der Waals surface area contributed by atoms with E-state index >= 15 is 0 Å². The molecule has 0 aliphatic carbocycles. The Morgan fingerprint density at radius 1 is 1.22 bits per heavy atom. The summed E-state index contributed by atoms with van der Waals surface area (Å²) >= 11 is 5.53. The van der Waals surface area contributed by atoms with Crippen LogP contribution in [0.3, 0.4) is 0 Å². The van der Waals surface area contributed by atoms with E-state index < -0.39 is 11.7 Å². The Morgan fingerprint density at radius 2 is 2.00 bits per heavy atom. The Bertz CT molecular complexity index is 601. The summed E-state index contributed by atoms with van der Waals surface area (Å²) in [5, 5.41) is 11.7. The van der Waals surface area contributed by atoms with Gasteiger partial charge in [-0.15, -0.1) is 0 Å². The Balaban J connectivity index is 2.19. The number of anilines is 1. The number of carbonyl (C=O) groups excluding carboxylic acids is 1. The zero-order chi connectivity index (χ0) is 13.1. The number of phenolic OH excluding ortho intramolecular Hbond substituents is 1. The second-order valence-electron chi connectivity index (χ2n) is 3.63. The molecule has 92 valence electrons. The molecule has 0 aliphatic heterocycles. The number of hydrogen-bond donors (Lipinski definition) is 2. The fourth-order valence-corrected chi connectivity index (χ4v) is 1.54. The number of halogens is 2. The highest BCUT2D eigenvalue weighted by molar-refractivity contribution is 6.30. The monoisotopic (exact) mass is 265 g/mol. The summed E-state index contributed by atoms with van der Waals surface area (Å²) in [6.07, 6.45) is 0. The van der Waals surface area contributed by atoms with Crippen molar-refractivity contribution in [1.29, 1.82) is 0 Å². The van der Waals surface area contributed by atoms with Crippen LogP contribution in [0.1, 0.15) is 10.4 Å². The van der Waals surface area contributed by atoms with E-state index in [-0.39, 0.29) is 16.3 Å². The average Bonchev–Trinajstić information content (AvgIpc) is 2.32. The first-order chi connectivity index (χ1) is 8.56. The van der Waals surface area contributed by atoms with E-state index in [1.54, 1.807) is 12.1 Å². The predicted octanol–water partition coefficient (Wildman–Crippen LogP) is 3.44. The van der Waals surface area contributed by atoms with Crippen molar-refractivity contribution in [2.45, 2.75) is 0 Å². The van der Waals surface area contributed by atoms with Gasteiger partial charge in [-0.2, -0.15) is 0 Å². The number of benzene rings is 2. The first kappa shape index (κ1) is 12.4. The van der Waals surface area contributed by atoms with E-state index in [9.17, 15) is 14.3 Å². The van der Waals surface area contributed by atoms with Gasteiger partial charge >= 0.3 is 0 Å². The zero-order valence-corrected chi connectivity index (χ0v) is 9.91. The number of nitrogens with one attached hydrogen (secondary N) is 1. The van der Waals surface area contributed by atoms with Crippen molar-refractivity contribution in [2.24, 2.45) is 0 Å². The normalized spacial score (nSPS) is 10.1. The van der Waals surface area contributed by atoms with Gasteiger partial charge in [-0.05, 0) is 30.3 Å². The minimum atomic E-state index is -0.653. The molecule has 2 aromatic rings. The topological polar surface area (TPSA) is 49.3 Å². The third-order valence-electron chi connectivity index (χ3n) is 2.29. The predicted molar refractivity (Wildman–Crippen MR) is 67.5 cm³/mol. The van der Waals surface area contributed by atoms with Crippen molar-refractivity contribution in [3.05, 3.63) is 58.9 Å². The van der Waals surface area contributed by atoms with Crippen LogP contribution in [0.2, 0.25) is 5.02 Å². The lowest BCUT2D eigenvalue weighted by Crippen LogP contribution is -2.11. The molecule has 0 aliphatic rings. The Hall–Kier alpha value is -2.07. The standard InChI is InChI=1S/C13H9ClFNO2/c14-11-5-4-8(6-12(11)15)13(18)16-9-2-1-3-10(17)7-9/h1-7,17H,(H,16,18). The van der Waals surface area contributed by atoms with Crippen molar-refractivity contribution in [1.82, 2.24) is 0 Å². The molecule has 0 spiro atoms. The largest absolute Gasteiger partial charge is 0.508 e. The highest BCUT2D eigenvalue weighted by Gasteiger charge is 2.09. The van der Waals surface area contributed by atoms with Gasteiger partial charge in [-0.1, -0.05) is 17.7 Å². The van der Waals surface area contributed by atoms with E-state index in [1.807, 2.05) is 0 Å². The van der Waals surface area contributed by atoms with Crippen LogP contribution in [0.15, 0.2) is 42.5 Å². The lowest BCUT2D eigenvalue weighted by atomic mass is 10.2. The van der Waals surface area contributed by atoms with Gasteiger partial charge in [-0.25, -0.2) is 4.39 Å². The van der Waals surface area contributed by atoms with Gasteiger partial charge in [0.25, 0.3) is 5.91 Å². The molecule has 18 heavy (non-hydrogen) atoms. The third-order valence-corrected chi connectivity index (χ3v) is 2.59. The maximum absolute atomic E-state index is 13.2. The highest BCUT2D eigenvalue weighted by atomic mass is 35.5. The molecule has 0 aromatic heterocycles. The molecule has 0 saturated carbocycles. The molecular formula is C13H9ClFNO2. The first-order valence-corrected chi connectivity index (χ1v) is 5.49. The Kier molecular flexibility index (Phi) is 3.48. The van der Waals surface area contributed by atoms with Crippen molar-refractivity contribution >= 4 is 23.2 Å². The van der Waals surface area contributed by atoms with Gasteiger partial charge in [0.15, 0.2) is 0 Å². The minimum absolute atomic E-state index is 0.0371. The summed E-state index contributed by atoms with van der Waals surface area (Å²) in [7, 11) is 0. The smallest absolute Gasteiger partial charge is 0.255 e. The van der Waals surface area contributed by atoms with Crippen molar-refractivity contribution in [3.8, 4) is 5.75 Å². The van der Waals surface area contributed by atoms with Crippen LogP contribution in [0, 0.1) is 5.82 Å². The molecule has 0 radical (unpaired) electrons. The van der Waals surface area contributed by atoms with Crippen LogP contribution in [0.25, 0.3) is 0 Å². The number of amides is 1. The van der Waals surface area contributed by atoms with Crippen LogP contribution in [0.5, 0.6) is 5.75 Å². The van der Waals surface area contributed by atoms with Crippen LogP contribution >= 0.6 is 11.6 Å². The van der Waals surface area contributed by atoms with Crippen LogP contribution in [0.4, 0.5) is 10.1 Å². The van der Waals surface area contributed by atoms with E-state index in [2.05, 4.69) is 5.32 Å². The third kappa shape index (κ3) is 2.78. The second-order valence-corrected chi connectivity index (χ2v) is 4.04. The molecule has 5 heteroatoms. The lowest BCUT2D eigenvalue weighted by Gasteiger charge is -2.06. The molecule has 2 N–H and O–H groups in total. The van der Waals surface area contributed by atoms with E-state index in [4.69, 9.17) is 11.6 Å². The molecule has 3 nitrogen and oxygen atoms in total. The molecule has 2 aromatic carbocycles. The molecule has 0 fully saturated rings. The van der Waals surface area contributed by atoms with Gasteiger partial charge in [0.1, 0.15) is 11.6 Å². The van der Waals surface area contributed by atoms with E-state index in [0.29, 0.717) is 5.69 Å². The van der Waals surface area contributed by atoms with Gasteiger partial charge in [0.05, 0.1) is 5.02 Å². The average molecular weight is 266 g/mol. The molecule has 0 bridgehead atoms. The zero-order valence-electron chi connectivity index (χ0n) is 9.15. The molecule has 2 rings (SSSR count). The van der Waals surface area contributed by atoms with Gasteiger partial charge in [-0.3, -0.25) is 4.79 Å². The fourth-order valence-electron chi connectivity index (χ4n) is 1.42.